The van der Waals surface area contributed by atoms with Crippen molar-refractivity contribution in [1.82, 2.24) is 9.71 Å². The fourth-order valence-electron chi connectivity index (χ4n) is 3.55. The smallest absolute Gasteiger partial charge is 0.256 e. The largest absolute Gasteiger partial charge is 0.491 e. The van der Waals surface area contributed by atoms with E-state index >= 15 is 0 Å². The summed E-state index contributed by atoms with van der Waals surface area (Å²) in [4.78, 5) is 18.1. The summed E-state index contributed by atoms with van der Waals surface area (Å²) in [6.07, 6.45) is 0.0376. The lowest BCUT2D eigenvalue weighted by Crippen LogP contribution is -2.18. The third-order valence-electron chi connectivity index (χ3n) is 5.15. The Morgan fingerprint density at radius 2 is 1.68 bits per heavy atom. The first kappa shape index (κ1) is 23.4. The molecule has 0 atom stereocenters. The van der Waals surface area contributed by atoms with Crippen LogP contribution in [0.2, 0.25) is 0 Å². The zero-order chi connectivity index (χ0) is 24.3. The molecule has 174 valence electrons. The minimum absolute atomic E-state index is 0.0376. The normalized spacial score (nSPS) is 11.5. The van der Waals surface area contributed by atoms with Gasteiger partial charge in [-0.1, -0.05) is 30.3 Å². The van der Waals surface area contributed by atoms with Crippen LogP contribution in [0, 0.1) is 0 Å². The molecule has 1 amide bonds. The fraction of sp³-hybridized carbons (Fsp3) is 0.154. The van der Waals surface area contributed by atoms with Crippen molar-refractivity contribution in [3.05, 3.63) is 84.4 Å². The van der Waals surface area contributed by atoms with Crippen LogP contribution in [0.25, 0.3) is 22.2 Å². The van der Waals surface area contributed by atoms with E-state index in [2.05, 4.69) is 10.0 Å². The second-order valence-corrected chi connectivity index (χ2v) is 9.84. The van der Waals surface area contributed by atoms with Crippen molar-refractivity contribution < 1.29 is 17.9 Å². The van der Waals surface area contributed by atoms with E-state index < -0.39 is 10.0 Å². The summed E-state index contributed by atoms with van der Waals surface area (Å²) in [5.41, 5.74) is 3.11. The van der Waals surface area contributed by atoms with Gasteiger partial charge in [0.1, 0.15) is 5.75 Å². The molecular weight excluding hydrogens is 450 g/mol. The summed E-state index contributed by atoms with van der Waals surface area (Å²) < 4.78 is 32.0. The number of hydrogen-bond donors (Lipinski definition) is 2. The second-order valence-electron chi connectivity index (χ2n) is 7.95. The molecule has 0 aliphatic carbocycles. The molecule has 0 unspecified atom stereocenters. The average molecular weight is 476 g/mol. The van der Waals surface area contributed by atoms with Crippen LogP contribution in [0.3, 0.4) is 0 Å². The molecule has 7 nitrogen and oxygen atoms in total. The Morgan fingerprint density at radius 1 is 0.941 bits per heavy atom. The van der Waals surface area contributed by atoms with Gasteiger partial charge in [-0.05, 0) is 69.4 Å². The zero-order valence-corrected chi connectivity index (χ0v) is 19.9. The molecule has 0 aliphatic rings. The van der Waals surface area contributed by atoms with Crippen molar-refractivity contribution in [2.24, 2.45) is 0 Å². The monoisotopic (exact) mass is 475 g/mol. The second kappa shape index (κ2) is 9.62. The van der Waals surface area contributed by atoms with Crippen LogP contribution in [0.4, 0.5) is 5.69 Å². The molecule has 4 rings (SSSR count). The van der Waals surface area contributed by atoms with Gasteiger partial charge in [0.2, 0.25) is 10.0 Å². The van der Waals surface area contributed by atoms with Crippen molar-refractivity contribution in [1.29, 1.82) is 0 Å². The van der Waals surface area contributed by atoms with E-state index in [0.29, 0.717) is 27.8 Å². The lowest BCUT2D eigenvalue weighted by Gasteiger charge is -2.13. The SMILES string of the molecule is CNS(=O)(=O)c1ccc(NC(=O)c2cc(-c3cccc(OC(C)C)c3)nc3ccccc23)cc1. The molecule has 4 aromatic rings. The van der Waals surface area contributed by atoms with Crippen molar-refractivity contribution in [3.8, 4) is 17.0 Å². The number of benzene rings is 3. The summed E-state index contributed by atoms with van der Waals surface area (Å²) in [6, 6.07) is 22.8. The third kappa shape index (κ3) is 5.08. The van der Waals surface area contributed by atoms with Gasteiger partial charge in [0, 0.05) is 16.6 Å². The van der Waals surface area contributed by atoms with Crippen molar-refractivity contribution >= 4 is 32.5 Å². The Kier molecular flexibility index (Phi) is 6.63. The number of carbonyl (C=O) groups is 1. The molecule has 1 heterocycles. The molecule has 34 heavy (non-hydrogen) atoms. The van der Waals surface area contributed by atoms with E-state index in [1.54, 1.807) is 18.2 Å². The van der Waals surface area contributed by atoms with Crippen LogP contribution in [0.15, 0.2) is 83.8 Å². The highest BCUT2D eigenvalue weighted by Gasteiger charge is 2.16. The topological polar surface area (TPSA) is 97.4 Å². The molecule has 0 spiro atoms. The number of carbonyl (C=O) groups excluding carboxylic acids is 1. The summed E-state index contributed by atoms with van der Waals surface area (Å²) in [6.45, 7) is 3.92. The highest BCUT2D eigenvalue weighted by atomic mass is 32.2. The number of pyridine rings is 1. The number of hydrogen-bond acceptors (Lipinski definition) is 5. The van der Waals surface area contributed by atoms with Gasteiger partial charge in [0.25, 0.3) is 5.91 Å². The van der Waals surface area contributed by atoms with Crippen LogP contribution in [0.1, 0.15) is 24.2 Å². The van der Waals surface area contributed by atoms with Gasteiger partial charge < -0.3 is 10.1 Å². The highest BCUT2D eigenvalue weighted by Crippen LogP contribution is 2.28. The van der Waals surface area contributed by atoms with Gasteiger partial charge in [0.05, 0.1) is 27.8 Å². The Hall–Kier alpha value is -3.75. The van der Waals surface area contributed by atoms with Crippen molar-refractivity contribution in [2.75, 3.05) is 12.4 Å². The number of amides is 1. The Balaban J connectivity index is 1.70. The average Bonchev–Trinajstić information content (AvgIpc) is 2.83. The first-order valence-electron chi connectivity index (χ1n) is 10.8. The molecule has 3 aromatic carbocycles. The van der Waals surface area contributed by atoms with Crippen LogP contribution in [-0.2, 0) is 10.0 Å². The molecule has 0 radical (unpaired) electrons. The van der Waals surface area contributed by atoms with Crippen LogP contribution >= 0.6 is 0 Å². The van der Waals surface area contributed by atoms with E-state index in [1.807, 2.05) is 62.4 Å². The summed E-state index contributed by atoms with van der Waals surface area (Å²) in [7, 11) is -2.20. The van der Waals surface area contributed by atoms with Crippen LogP contribution in [-0.4, -0.2) is 32.5 Å². The summed E-state index contributed by atoms with van der Waals surface area (Å²) >= 11 is 0. The molecule has 0 saturated carbocycles. The quantitative estimate of drug-likeness (QED) is 0.398. The third-order valence-corrected chi connectivity index (χ3v) is 6.58. The molecule has 0 aliphatic heterocycles. The number of para-hydroxylation sites is 1. The first-order chi connectivity index (χ1) is 16.3. The standard InChI is InChI=1S/C26H25N3O4S/c1-17(2)33-20-8-6-7-18(15-20)25-16-23(22-9-4-5-10-24(22)29-25)26(30)28-19-11-13-21(14-12-19)34(31,32)27-3/h4-17,27H,1-3H3,(H,28,30). The number of ether oxygens (including phenoxy) is 1. The molecular formula is C26H25N3O4S. The lowest BCUT2D eigenvalue weighted by atomic mass is 10.0. The van der Waals surface area contributed by atoms with Gasteiger partial charge >= 0.3 is 0 Å². The van der Waals surface area contributed by atoms with Gasteiger partial charge in [0.15, 0.2) is 0 Å². The highest BCUT2D eigenvalue weighted by molar-refractivity contribution is 7.89. The predicted molar refractivity (Wildman–Crippen MR) is 134 cm³/mol. The first-order valence-corrected chi connectivity index (χ1v) is 12.3. The van der Waals surface area contributed by atoms with Crippen LogP contribution in [0.5, 0.6) is 5.75 Å². The molecule has 8 heteroatoms. The molecule has 1 aromatic heterocycles. The number of sulfonamides is 1. The van der Waals surface area contributed by atoms with Gasteiger partial charge in [-0.2, -0.15) is 0 Å². The van der Waals surface area contributed by atoms with Gasteiger partial charge in [-0.15, -0.1) is 0 Å². The Morgan fingerprint density at radius 3 is 2.38 bits per heavy atom. The zero-order valence-electron chi connectivity index (χ0n) is 19.1. The number of nitrogens with zero attached hydrogens (tertiary/aromatic N) is 1. The minimum atomic E-state index is -3.55. The maximum absolute atomic E-state index is 13.3. The molecule has 0 fully saturated rings. The van der Waals surface area contributed by atoms with E-state index in [9.17, 15) is 13.2 Å². The summed E-state index contributed by atoms with van der Waals surface area (Å²) in [5.74, 6) is 0.406. The number of rotatable bonds is 7. The maximum Gasteiger partial charge on any atom is 0.256 e. The summed E-state index contributed by atoms with van der Waals surface area (Å²) in [5, 5.41) is 3.57. The van der Waals surface area contributed by atoms with Crippen molar-refractivity contribution in [2.45, 2.75) is 24.8 Å². The van der Waals surface area contributed by atoms with Gasteiger partial charge in [-0.25, -0.2) is 18.1 Å². The van der Waals surface area contributed by atoms with Crippen LogP contribution < -0.4 is 14.8 Å². The molecule has 2 N–H and O–H groups in total. The van der Waals surface area contributed by atoms with E-state index in [4.69, 9.17) is 9.72 Å². The maximum atomic E-state index is 13.3. The molecule has 0 saturated heterocycles. The van der Waals surface area contributed by atoms with E-state index in [-0.39, 0.29) is 16.9 Å². The Bertz CT molecular complexity index is 1450. The minimum Gasteiger partial charge on any atom is -0.491 e. The number of fused-ring (bicyclic) bond motifs is 1. The predicted octanol–water partition coefficient (Wildman–Crippen LogP) is 4.85. The fourth-order valence-corrected chi connectivity index (χ4v) is 4.28. The van der Waals surface area contributed by atoms with E-state index in [0.717, 1.165) is 11.3 Å². The number of anilines is 1. The van der Waals surface area contributed by atoms with Crippen molar-refractivity contribution in [3.63, 3.8) is 0 Å². The number of aromatic nitrogens is 1. The van der Waals surface area contributed by atoms with Gasteiger partial charge in [-0.3, -0.25) is 4.79 Å². The molecule has 0 bridgehead atoms. The lowest BCUT2D eigenvalue weighted by molar-refractivity contribution is 0.102. The van der Waals surface area contributed by atoms with E-state index in [1.165, 1.54) is 19.2 Å². The Labute approximate surface area is 198 Å². The number of nitrogens with one attached hydrogen (secondary N) is 2.